The summed E-state index contributed by atoms with van der Waals surface area (Å²) in [5.41, 5.74) is 0.391. The van der Waals surface area contributed by atoms with Gasteiger partial charge in [-0.3, -0.25) is 0 Å². The monoisotopic (exact) mass is 378 g/mol. The van der Waals surface area contributed by atoms with Crippen LogP contribution in [0.1, 0.15) is 32.1 Å². The number of carbonyl (C=O) groups is 1. The Labute approximate surface area is 159 Å². The highest BCUT2D eigenvalue weighted by molar-refractivity contribution is 5.89. The van der Waals surface area contributed by atoms with Crippen LogP contribution < -0.4 is 10.1 Å². The van der Waals surface area contributed by atoms with Gasteiger partial charge in [0.15, 0.2) is 11.6 Å². The molecule has 148 valence electrons. The van der Waals surface area contributed by atoms with Crippen LogP contribution in [0.3, 0.4) is 0 Å². The van der Waals surface area contributed by atoms with Crippen molar-refractivity contribution in [3.63, 3.8) is 0 Å². The minimum absolute atomic E-state index is 0.0438. The molecule has 1 spiro atoms. The summed E-state index contributed by atoms with van der Waals surface area (Å²) in [5.74, 6) is -0.193. The third-order valence-electron chi connectivity index (χ3n) is 5.81. The summed E-state index contributed by atoms with van der Waals surface area (Å²) in [6.45, 7) is 3.73. The number of nitrogens with zero attached hydrogens (tertiary/aromatic N) is 1. The van der Waals surface area contributed by atoms with E-state index in [-0.39, 0.29) is 23.3 Å². The first-order valence-corrected chi connectivity index (χ1v) is 9.81. The van der Waals surface area contributed by atoms with Crippen LogP contribution in [0.4, 0.5) is 14.9 Å². The molecule has 7 heteroatoms. The number of urea groups is 1. The van der Waals surface area contributed by atoms with Gasteiger partial charge in [0.1, 0.15) is 0 Å². The molecule has 0 radical (unpaired) electrons. The summed E-state index contributed by atoms with van der Waals surface area (Å²) in [5, 5.41) is 2.82. The molecular formula is C20H27FN2O4. The molecule has 2 heterocycles. The Morgan fingerprint density at radius 1 is 1.22 bits per heavy atom. The molecule has 0 bridgehead atoms. The van der Waals surface area contributed by atoms with E-state index in [1.807, 2.05) is 0 Å². The normalized spacial score (nSPS) is 22.8. The maximum atomic E-state index is 14.3. The van der Waals surface area contributed by atoms with E-state index in [9.17, 15) is 9.18 Å². The third kappa shape index (κ3) is 4.35. The van der Waals surface area contributed by atoms with Gasteiger partial charge in [0, 0.05) is 43.5 Å². The second-order valence-electron chi connectivity index (χ2n) is 7.83. The number of rotatable bonds is 3. The van der Waals surface area contributed by atoms with Crippen LogP contribution >= 0.6 is 0 Å². The van der Waals surface area contributed by atoms with Gasteiger partial charge in [0.2, 0.25) is 0 Å². The molecule has 3 fully saturated rings. The van der Waals surface area contributed by atoms with E-state index in [2.05, 4.69) is 5.32 Å². The zero-order chi connectivity index (χ0) is 18.7. The van der Waals surface area contributed by atoms with Crippen molar-refractivity contribution in [1.29, 1.82) is 0 Å². The maximum Gasteiger partial charge on any atom is 0.321 e. The Kier molecular flexibility index (Phi) is 5.50. The fraction of sp³-hybridized carbons (Fsp3) is 0.650. The number of halogens is 1. The summed E-state index contributed by atoms with van der Waals surface area (Å²) >= 11 is 0. The van der Waals surface area contributed by atoms with Gasteiger partial charge in [0.05, 0.1) is 19.3 Å². The van der Waals surface area contributed by atoms with Crippen molar-refractivity contribution in [3.05, 3.63) is 24.0 Å². The summed E-state index contributed by atoms with van der Waals surface area (Å²) in [6.07, 6.45) is 4.97. The molecule has 1 aromatic rings. The summed E-state index contributed by atoms with van der Waals surface area (Å²) in [6, 6.07) is 4.38. The van der Waals surface area contributed by atoms with Gasteiger partial charge >= 0.3 is 6.03 Å². The summed E-state index contributed by atoms with van der Waals surface area (Å²) in [4.78, 5) is 14.5. The van der Waals surface area contributed by atoms with Crippen molar-refractivity contribution in [2.45, 2.75) is 38.2 Å². The van der Waals surface area contributed by atoms with E-state index in [4.69, 9.17) is 14.2 Å². The smallest absolute Gasteiger partial charge is 0.321 e. The molecule has 1 aliphatic carbocycles. The van der Waals surface area contributed by atoms with E-state index >= 15 is 0 Å². The first kappa shape index (κ1) is 18.5. The molecule has 0 atom stereocenters. The molecule has 1 aromatic carbocycles. The lowest BCUT2D eigenvalue weighted by Gasteiger charge is -2.38. The molecule has 4 rings (SSSR count). The van der Waals surface area contributed by atoms with E-state index < -0.39 is 5.82 Å². The van der Waals surface area contributed by atoms with Gasteiger partial charge in [0.25, 0.3) is 0 Å². The van der Waals surface area contributed by atoms with Crippen molar-refractivity contribution in [2.75, 3.05) is 44.8 Å². The average molecular weight is 378 g/mol. The lowest BCUT2D eigenvalue weighted by atomic mass is 9.80. The minimum Gasteiger partial charge on any atom is -0.487 e. The zero-order valence-corrected chi connectivity index (χ0v) is 15.5. The number of ether oxygens (including phenoxy) is 3. The molecule has 6 nitrogen and oxygen atoms in total. The number of hydrogen-bond acceptors (Lipinski definition) is 4. The van der Waals surface area contributed by atoms with E-state index in [0.29, 0.717) is 45.2 Å². The number of nitrogens with one attached hydrogen (secondary N) is 1. The SMILES string of the molecule is O=C(Nc1ccc(OC2CCC2)c(F)c1)N1CCOCC2(CCOCC2)C1. The fourth-order valence-electron chi connectivity index (χ4n) is 3.82. The highest BCUT2D eigenvalue weighted by atomic mass is 19.1. The standard InChI is InChI=1S/C20H27FN2O4/c21-17-12-15(4-5-18(17)27-16-2-1-3-16)22-19(24)23-8-11-26-14-20(13-23)6-9-25-10-7-20/h4-5,12,16H,1-3,6-11,13-14H2,(H,22,24). The lowest BCUT2D eigenvalue weighted by Crippen LogP contribution is -2.46. The van der Waals surface area contributed by atoms with Crippen LogP contribution in [0.2, 0.25) is 0 Å². The Balaban J connectivity index is 1.39. The number of anilines is 1. The van der Waals surface area contributed by atoms with Crippen molar-refractivity contribution in [1.82, 2.24) is 4.90 Å². The van der Waals surface area contributed by atoms with E-state index in [1.165, 1.54) is 6.07 Å². The van der Waals surface area contributed by atoms with Gasteiger partial charge in [-0.1, -0.05) is 0 Å². The van der Waals surface area contributed by atoms with Crippen LogP contribution in [0.25, 0.3) is 0 Å². The molecule has 0 aromatic heterocycles. The maximum absolute atomic E-state index is 14.3. The van der Waals surface area contributed by atoms with E-state index in [0.717, 1.165) is 32.1 Å². The van der Waals surface area contributed by atoms with Crippen LogP contribution in [0.5, 0.6) is 5.75 Å². The van der Waals surface area contributed by atoms with Crippen LogP contribution in [0, 0.1) is 11.2 Å². The number of amides is 2. The lowest BCUT2D eigenvalue weighted by molar-refractivity contribution is -0.0292. The topological polar surface area (TPSA) is 60.0 Å². The second kappa shape index (κ2) is 8.02. The molecule has 27 heavy (non-hydrogen) atoms. The van der Waals surface area contributed by atoms with Crippen LogP contribution in [-0.4, -0.2) is 56.6 Å². The molecular weight excluding hydrogens is 351 g/mol. The summed E-state index contributed by atoms with van der Waals surface area (Å²) in [7, 11) is 0. The van der Waals surface area contributed by atoms with Gasteiger partial charge in [-0.2, -0.15) is 0 Å². The zero-order valence-electron chi connectivity index (χ0n) is 15.5. The van der Waals surface area contributed by atoms with Crippen molar-refractivity contribution >= 4 is 11.7 Å². The first-order chi connectivity index (χ1) is 13.1. The van der Waals surface area contributed by atoms with Crippen LogP contribution in [0.15, 0.2) is 18.2 Å². The number of benzene rings is 1. The Morgan fingerprint density at radius 3 is 2.74 bits per heavy atom. The minimum atomic E-state index is -0.445. The van der Waals surface area contributed by atoms with E-state index in [1.54, 1.807) is 17.0 Å². The predicted molar refractivity (Wildman–Crippen MR) is 98.6 cm³/mol. The van der Waals surface area contributed by atoms with Gasteiger partial charge in [-0.05, 0) is 44.2 Å². The highest BCUT2D eigenvalue weighted by Crippen LogP contribution is 2.34. The van der Waals surface area contributed by atoms with Crippen LogP contribution in [-0.2, 0) is 9.47 Å². The third-order valence-corrected chi connectivity index (χ3v) is 5.81. The van der Waals surface area contributed by atoms with Crippen molar-refractivity contribution in [3.8, 4) is 5.75 Å². The molecule has 1 saturated carbocycles. The molecule has 1 N–H and O–H groups in total. The second-order valence-corrected chi connectivity index (χ2v) is 7.83. The van der Waals surface area contributed by atoms with Gasteiger partial charge < -0.3 is 24.4 Å². The molecule has 2 saturated heterocycles. The molecule has 0 unspecified atom stereocenters. The average Bonchev–Trinajstić information content (AvgIpc) is 2.83. The quantitative estimate of drug-likeness (QED) is 0.876. The van der Waals surface area contributed by atoms with Gasteiger partial charge in [-0.15, -0.1) is 0 Å². The largest absolute Gasteiger partial charge is 0.487 e. The Hall–Kier alpha value is -1.86. The molecule has 2 amide bonds. The predicted octanol–water partition coefficient (Wildman–Crippen LogP) is 3.42. The summed E-state index contributed by atoms with van der Waals surface area (Å²) < 4.78 is 31.1. The molecule has 2 aliphatic heterocycles. The Bertz CT molecular complexity index is 674. The van der Waals surface area contributed by atoms with Gasteiger partial charge in [-0.25, -0.2) is 9.18 Å². The number of hydrogen-bond donors (Lipinski definition) is 1. The fourth-order valence-corrected chi connectivity index (χ4v) is 3.82. The number of carbonyl (C=O) groups excluding carboxylic acids is 1. The first-order valence-electron chi connectivity index (χ1n) is 9.81. The highest BCUT2D eigenvalue weighted by Gasteiger charge is 2.38. The van der Waals surface area contributed by atoms with Crippen molar-refractivity contribution in [2.24, 2.45) is 5.41 Å². The Morgan fingerprint density at radius 2 is 2.04 bits per heavy atom. The molecule has 3 aliphatic rings. The van der Waals surface area contributed by atoms with Crippen molar-refractivity contribution < 1.29 is 23.4 Å².